The van der Waals surface area contributed by atoms with Crippen LogP contribution in [0.4, 0.5) is 4.79 Å². The molecule has 2 amide bonds. The SMILES string of the molecule is CCc1cc(Oc2ccc(C#N)cc2Br)ccc1CCC(=O)NC(=O)O. The average molecular weight is 417 g/mol. The lowest BCUT2D eigenvalue weighted by Gasteiger charge is -2.12. The van der Waals surface area contributed by atoms with E-state index in [0.29, 0.717) is 28.0 Å². The molecule has 2 rings (SSSR count). The molecule has 0 fully saturated rings. The van der Waals surface area contributed by atoms with Gasteiger partial charge in [-0.2, -0.15) is 5.26 Å². The van der Waals surface area contributed by atoms with Crippen LogP contribution in [0.25, 0.3) is 0 Å². The number of ether oxygens (including phenoxy) is 1. The lowest BCUT2D eigenvalue weighted by molar-refractivity contribution is -0.120. The summed E-state index contributed by atoms with van der Waals surface area (Å²) in [5, 5.41) is 19.3. The Morgan fingerprint density at radius 2 is 2.00 bits per heavy atom. The molecule has 0 bridgehead atoms. The molecule has 0 aliphatic rings. The van der Waals surface area contributed by atoms with Crippen molar-refractivity contribution in [1.29, 1.82) is 5.26 Å². The van der Waals surface area contributed by atoms with Gasteiger partial charge in [0.15, 0.2) is 0 Å². The monoisotopic (exact) mass is 416 g/mol. The summed E-state index contributed by atoms with van der Waals surface area (Å²) in [5.74, 6) is 0.715. The van der Waals surface area contributed by atoms with Gasteiger partial charge >= 0.3 is 6.09 Å². The van der Waals surface area contributed by atoms with Gasteiger partial charge in [-0.15, -0.1) is 0 Å². The first-order valence-electron chi connectivity index (χ1n) is 7.95. The molecule has 0 heterocycles. The average Bonchev–Trinajstić information content (AvgIpc) is 2.61. The van der Waals surface area contributed by atoms with Gasteiger partial charge in [-0.05, 0) is 70.2 Å². The number of hydrogen-bond acceptors (Lipinski definition) is 4. The van der Waals surface area contributed by atoms with Crippen molar-refractivity contribution in [2.45, 2.75) is 26.2 Å². The first-order chi connectivity index (χ1) is 12.4. The van der Waals surface area contributed by atoms with Crippen LogP contribution in [0, 0.1) is 11.3 Å². The van der Waals surface area contributed by atoms with Crippen molar-refractivity contribution in [3.63, 3.8) is 0 Å². The fraction of sp³-hybridized carbons (Fsp3) is 0.211. The Morgan fingerprint density at radius 3 is 2.62 bits per heavy atom. The topological polar surface area (TPSA) is 99.4 Å². The first-order valence-corrected chi connectivity index (χ1v) is 8.74. The molecule has 2 aromatic rings. The molecule has 0 atom stereocenters. The number of benzene rings is 2. The highest BCUT2D eigenvalue weighted by Crippen LogP contribution is 2.31. The van der Waals surface area contributed by atoms with Crippen LogP contribution in [0.1, 0.15) is 30.0 Å². The van der Waals surface area contributed by atoms with E-state index in [0.717, 1.165) is 17.5 Å². The fourth-order valence-corrected chi connectivity index (χ4v) is 2.91. The van der Waals surface area contributed by atoms with Crippen LogP contribution in [-0.2, 0) is 17.6 Å². The Morgan fingerprint density at radius 1 is 1.23 bits per heavy atom. The maximum atomic E-state index is 11.5. The van der Waals surface area contributed by atoms with E-state index < -0.39 is 12.0 Å². The maximum absolute atomic E-state index is 11.5. The van der Waals surface area contributed by atoms with Crippen molar-refractivity contribution in [2.24, 2.45) is 0 Å². The first kappa shape index (κ1) is 19.5. The number of imide groups is 1. The minimum absolute atomic E-state index is 0.0979. The van der Waals surface area contributed by atoms with E-state index >= 15 is 0 Å². The highest BCUT2D eigenvalue weighted by molar-refractivity contribution is 9.10. The normalized spacial score (nSPS) is 10.0. The van der Waals surface area contributed by atoms with Crippen molar-refractivity contribution < 1.29 is 19.4 Å². The zero-order chi connectivity index (χ0) is 19.1. The van der Waals surface area contributed by atoms with Crippen LogP contribution < -0.4 is 10.1 Å². The summed E-state index contributed by atoms with van der Waals surface area (Å²) in [6.07, 6.45) is -0.0479. The Hall–Kier alpha value is -2.85. The lowest BCUT2D eigenvalue weighted by atomic mass is 10.0. The van der Waals surface area contributed by atoms with Crippen molar-refractivity contribution >= 4 is 27.9 Å². The maximum Gasteiger partial charge on any atom is 0.411 e. The van der Waals surface area contributed by atoms with E-state index in [9.17, 15) is 9.59 Å². The minimum atomic E-state index is -1.34. The molecule has 0 saturated heterocycles. The van der Waals surface area contributed by atoms with E-state index in [1.807, 2.05) is 24.4 Å². The van der Waals surface area contributed by atoms with Crippen LogP contribution in [0.2, 0.25) is 0 Å². The number of nitrogens with zero attached hydrogens (tertiary/aromatic N) is 1. The zero-order valence-corrected chi connectivity index (χ0v) is 15.7. The van der Waals surface area contributed by atoms with Gasteiger partial charge in [-0.25, -0.2) is 4.79 Å². The van der Waals surface area contributed by atoms with Crippen molar-refractivity contribution in [2.75, 3.05) is 0 Å². The highest BCUT2D eigenvalue weighted by Gasteiger charge is 2.10. The second kappa shape index (κ2) is 9.02. The summed E-state index contributed by atoms with van der Waals surface area (Å²) in [5.41, 5.74) is 2.53. The number of amides is 2. The van der Waals surface area contributed by atoms with Crippen LogP contribution in [0.15, 0.2) is 40.9 Å². The van der Waals surface area contributed by atoms with Gasteiger partial charge in [0.1, 0.15) is 11.5 Å². The third kappa shape index (κ3) is 5.33. The Bertz CT molecular complexity index is 874. The fourth-order valence-electron chi connectivity index (χ4n) is 2.45. The molecular formula is C19H17BrN2O4. The molecule has 0 aliphatic carbocycles. The molecule has 7 heteroatoms. The Labute approximate surface area is 159 Å². The van der Waals surface area contributed by atoms with E-state index in [1.54, 1.807) is 24.3 Å². The van der Waals surface area contributed by atoms with Gasteiger partial charge in [-0.3, -0.25) is 10.1 Å². The molecule has 0 radical (unpaired) electrons. The number of carboxylic acid groups (broad SMARTS) is 1. The zero-order valence-electron chi connectivity index (χ0n) is 14.1. The Kier molecular flexibility index (Phi) is 6.75. The van der Waals surface area contributed by atoms with E-state index in [4.69, 9.17) is 15.1 Å². The number of carbonyl (C=O) groups excluding carboxylic acids is 1. The molecule has 0 aromatic heterocycles. The van der Waals surface area contributed by atoms with Crippen molar-refractivity contribution in [1.82, 2.24) is 5.32 Å². The second-order valence-electron chi connectivity index (χ2n) is 5.50. The second-order valence-corrected chi connectivity index (χ2v) is 6.35. The standard InChI is InChI=1S/C19H17BrN2O4/c1-2-13-10-15(26-17-7-3-12(11-21)9-16(17)20)6-4-14(13)5-8-18(23)22-19(24)25/h3-4,6-7,9-10H,2,5,8H2,1H3,(H,22,23)(H,24,25). The van der Waals surface area contributed by atoms with Gasteiger partial charge in [0, 0.05) is 6.42 Å². The number of halogens is 1. The van der Waals surface area contributed by atoms with Gasteiger partial charge in [0.25, 0.3) is 0 Å². The van der Waals surface area contributed by atoms with Crippen LogP contribution in [0.3, 0.4) is 0 Å². The minimum Gasteiger partial charge on any atom is -0.465 e. The third-order valence-corrected chi connectivity index (χ3v) is 4.33. The predicted octanol–water partition coefficient (Wildman–Crippen LogP) is 4.40. The smallest absolute Gasteiger partial charge is 0.411 e. The van der Waals surface area contributed by atoms with Gasteiger partial charge in [-0.1, -0.05) is 13.0 Å². The Balaban J connectivity index is 2.12. The number of aryl methyl sites for hydroxylation is 2. The molecule has 26 heavy (non-hydrogen) atoms. The molecule has 2 aromatic carbocycles. The number of hydrogen-bond donors (Lipinski definition) is 2. The van der Waals surface area contributed by atoms with E-state index in [2.05, 4.69) is 22.0 Å². The third-order valence-electron chi connectivity index (χ3n) is 3.72. The summed E-state index contributed by atoms with van der Waals surface area (Å²) in [6, 6.07) is 12.7. The van der Waals surface area contributed by atoms with Gasteiger partial charge < -0.3 is 9.84 Å². The molecule has 0 spiro atoms. The van der Waals surface area contributed by atoms with Crippen molar-refractivity contribution in [3.05, 3.63) is 57.6 Å². The van der Waals surface area contributed by atoms with Crippen LogP contribution in [0.5, 0.6) is 11.5 Å². The van der Waals surface area contributed by atoms with E-state index in [1.165, 1.54) is 0 Å². The summed E-state index contributed by atoms with van der Waals surface area (Å²) in [6.45, 7) is 2.00. The molecule has 0 unspecified atom stereocenters. The summed E-state index contributed by atoms with van der Waals surface area (Å²) >= 11 is 3.39. The number of nitriles is 1. The van der Waals surface area contributed by atoms with Crippen LogP contribution in [-0.4, -0.2) is 17.1 Å². The highest BCUT2D eigenvalue weighted by atomic mass is 79.9. The molecule has 6 nitrogen and oxygen atoms in total. The summed E-state index contributed by atoms with van der Waals surface area (Å²) in [4.78, 5) is 21.9. The summed E-state index contributed by atoms with van der Waals surface area (Å²) in [7, 11) is 0. The molecular weight excluding hydrogens is 400 g/mol. The molecule has 0 aliphatic heterocycles. The quantitative estimate of drug-likeness (QED) is 0.726. The number of carbonyl (C=O) groups is 2. The lowest BCUT2D eigenvalue weighted by Crippen LogP contribution is -2.28. The number of rotatable bonds is 6. The van der Waals surface area contributed by atoms with E-state index in [-0.39, 0.29) is 6.42 Å². The molecule has 134 valence electrons. The van der Waals surface area contributed by atoms with Gasteiger partial charge in [0.2, 0.25) is 5.91 Å². The van der Waals surface area contributed by atoms with Gasteiger partial charge in [0.05, 0.1) is 16.1 Å². The van der Waals surface area contributed by atoms with Crippen molar-refractivity contribution in [3.8, 4) is 17.6 Å². The van der Waals surface area contributed by atoms with Crippen LogP contribution >= 0.6 is 15.9 Å². The summed E-state index contributed by atoms with van der Waals surface area (Å²) < 4.78 is 6.56. The molecule has 2 N–H and O–H groups in total. The molecule has 0 saturated carbocycles. The largest absolute Gasteiger partial charge is 0.465 e. The number of nitrogens with one attached hydrogen (secondary N) is 1. The predicted molar refractivity (Wildman–Crippen MR) is 99.2 cm³/mol.